The summed E-state index contributed by atoms with van der Waals surface area (Å²) >= 11 is 3.31. The molecule has 0 aliphatic carbocycles. The molecule has 1 N–H and O–H groups in total. The third-order valence-corrected chi connectivity index (χ3v) is 5.28. The number of carbonyl (C=O) groups excluding carboxylic acids is 3. The SMILES string of the molecule is O=C(CCN1C(=O)c2ccc(Br)cc2C1=O)NC1CCOc2ccccc21. The number of ether oxygens (including phenoxy) is 1. The molecule has 3 amide bonds. The highest BCUT2D eigenvalue weighted by Crippen LogP contribution is 2.31. The fraction of sp³-hybridized carbons (Fsp3) is 0.250. The maximum atomic E-state index is 12.5. The zero-order chi connectivity index (χ0) is 19.0. The van der Waals surface area contributed by atoms with Gasteiger partial charge in [0.2, 0.25) is 5.91 Å². The number of hydrogen-bond acceptors (Lipinski definition) is 4. The van der Waals surface area contributed by atoms with Crippen LogP contribution in [0.4, 0.5) is 0 Å². The Hall–Kier alpha value is -2.67. The molecule has 2 aromatic rings. The maximum Gasteiger partial charge on any atom is 0.261 e. The molecule has 0 fully saturated rings. The van der Waals surface area contributed by atoms with Crippen LogP contribution in [0.1, 0.15) is 45.2 Å². The molecule has 0 aromatic heterocycles. The van der Waals surface area contributed by atoms with Crippen molar-refractivity contribution >= 4 is 33.7 Å². The van der Waals surface area contributed by atoms with Gasteiger partial charge >= 0.3 is 0 Å². The zero-order valence-electron chi connectivity index (χ0n) is 14.4. The van der Waals surface area contributed by atoms with E-state index in [1.165, 1.54) is 0 Å². The van der Waals surface area contributed by atoms with Gasteiger partial charge in [0.05, 0.1) is 23.8 Å². The molecule has 1 unspecified atom stereocenters. The van der Waals surface area contributed by atoms with E-state index in [-0.39, 0.29) is 36.7 Å². The highest BCUT2D eigenvalue weighted by atomic mass is 79.9. The van der Waals surface area contributed by atoms with Gasteiger partial charge in [-0.25, -0.2) is 0 Å². The topological polar surface area (TPSA) is 75.7 Å². The molecule has 0 radical (unpaired) electrons. The normalized spacial score (nSPS) is 18.0. The van der Waals surface area contributed by atoms with Crippen molar-refractivity contribution in [2.45, 2.75) is 18.9 Å². The minimum Gasteiger partial charge on any atom is -0.493 e. The minimum absolute atomic E-state index is 0.0562. The second-order valence-corrected chi connectivity index (χ2v) is 7.41. The van der Waals surface area contributed by atoms with E-state index in [2.05, 4.69) is 21.2 Å². The quantitative estimate of drug-likeness (QED) is 0.759. The number of fused-ring (bicyclic) bond motifs is 2. The van der Waals surface area contributed by atoms with Crippen molar-refractivity contribution < 1.29 is 19.1 Å². The van der Waals surface area contributed by atoms with Crippen LogP contribution in [-0.4, -0.2) is 35.8 Å². The summed E-state index contributed by atoms with van der Waals surface area (Å²) in [7, 11) is 0. The number of amides is 3. The summed E-state index contributed by atoms with van der Waals surface area (Å²) in [5.74, 6) is -0.137. The van der Waals surface area contributed by atoms with E-state index in [0.29, 0.717) is 24.2 Å². The van der Waals surface area contributed by atoms with E-state index in [1.54, 1.807) is 18.2 Å². The van der Waals surface area contributed by atoms with Crippen LogP contribution in [0.15, 0.2) is 46.9 Å². The Morgan fingerprint density at radius 2 is 1.93 bits per heavy atom. The number of benzene rings is 2. The number of halogens is 1. The summed E-state index contributed by atoms with van der Waals surface area (Å²) in [6, 6.07) is 12.5. The fourth-order valence-electron chi connectivity index (χ4n) is 3.44. The Labute approximate surface area is 164 Å². The van der Waals surface area contributed by atoms with Gasteiger partial charge in [-0.1, -0.05) is 34.1 Å². The van der Waals surface area contributed by atoms with Crippen LogP contribution >= 0.6 is 15.9 Å². The zero-order valence-corrected chi connectivity index (χ0v) is 16.0. The third-order valence-electron chi connectivity index (χ3n) is 4.79. The molecule has 1 atom stereocenters. The summed E-state index contributed by atoms with van der Waals surface area (Å²) in [5.41, 5.74) is 1.69. The molecule has 138 valence electrons. The van der Waals surface area contributed by atoms with E-state index in [4.69, 9.17) is 4.74 Å². The summed E-state index contributed by atoms with van der Waals surface area (Å²) in [5, 5.41) is 2.98. The standard InChI is InChI=1S/C20H17BrN2O4/c21-12-5-6-13-15(11-12)20(26)23(19(13)25)9-7-18(24)22-16-8-10-27-17-4-2-1-3-14(16)17/h1-6,11,16H,7-10H2,(H,22,24). The summed E-state index contributed by atoms with van der Waals surface area (Å²) in [6.45, 7) is 0.593. The van der Waals surface area contributed by atoms with Crippen LogP contribution in [-0.2, 0) is 4.79 Å². The van der Waals surface area contributed by atoms with E-state index < -0.39 is 0 Å². The van der Waals surface area contributed by atoms with Crippen molar-refractivity contribution in [2.24, 2.45) is 0 Å². The first kappa shape index (κ1) is 17.7. The lowest BCUT2D eigenvalue weighted by Crippen LogP contribution is -2.36. The number of hydrogen-bond donors (Lipinski definition) is 1. The van der Waals surface area contributed by atoms with Gasteiger partial charge < -0.3 is 10.1 Å². The monoisotopic (exact) mass is 428 g/mol. The molecule has 6 nitrogen and oxygen atoms in total. The third kappa shape index (κ3) is 3.35. The van der Waals surface area contributed by atoms with Gasteiger partial charge in [-0.05, 0) is 24.3 Å². The Kier molecular flexibility index (Phi) is 4.70. The molecular weight excluding hydrogens is 412 g/mol. The number of carbonyl (C=O) groups is 3. The van der Waals surface area contributed by atoms with Crippen LogP contribution in [0.2, 0.25) is 0 Å². The number of imide groups is 1. The lowest BCUT2D eigenvalue weighted by molar-refractivity contribution is -0.122. The molecule has 2 aliphatic rings. The number of para-hydroxylation sites is 1. The molecule has 0 spiro atoms. The van der Waals surface area contributed by atoms with Crippen LogP contribution in [0.25, 0.3) is 0 Å². The lowest BCUT2D eigenvalue weighted by Gasteiger charge is -2.26. The maximum absolute atomic E-state index is 12.5. The van der Waals surface area contributed by atoms with Gasteiger partial charge in [-0.15, -0.1) is 0 Å². The highest BCUT2D eigenvalue weighted by molar-refractivity contribution is 9.10. The first-order valence-electron chi connectivity index (χ1n) is 8.71. The lowest BCUT2D eigenvalue weighted by atomic mass is 10.0. The van der Waals surface area contributed by atoms with Crippen molar-refractivity contribution in [2.75, 3.05) is 13.2 Å². The first-order chi connectivity index (χ1) is 13.0. The second-order valence-electron chi connectivity index (χ2n) is 6.50. The molecule has 7 heteroatoms. The highest BCUT2D eigenvalue weighted by Gasteiger charge is 2.35. The van der Waals surface area contributed by atoms with Gasteiger partial charge in [0.25, 0.3) is 11.8 Å². The molecule has 2 heterocycles. The van der Waals surface area contributed by atoms with Crippen molar-refractivity contribution in [1.29, 1.82) is 0 Å². The summed E-state index contributed by atoms with van der Waals surface area (Å²) in [4.78, 5) is 38.4. The fourth-order valence-corrected chi connectivity index (χ4v) is 3.80. The van der Waals surface area contributed by atoms with Crippen molar-refractivity contribution in [1.82, 2.24) is 10.2 Å². The molecule has 4 rings (SSSR count). The van der Waals surface area contributed by atoms with Gasteiger partial charge in [-0.2, -0.15) is 0 Å². The smallest absolute Gasteiger partial charge is 0.261 e. The summed E-state index contributed by atoms with van der Waals surface area (Å²) in [6.07, 6.45) is 0.746. The van der Waals surface area contributed by atoms with Crippen LogP contribution in [0.5, 0.6) is 5.75 Å². The minimum atomic E-state index is -0.361. The molecule has 0 bridgehead atoms. The van der Waals surface area contributed by atoms with Crippen molar-refractivity contribution in [3.63, 3.8) is 0 Å². The van der Waals surface area contributed by atoms with E-state index in [0.717, 1.165) is 20.7 Å². The Bertz CT molecular complexity index is 943. The molecule has 0 saturated carbocycles. The number of nitrogens with zero attached hydrogens (tertiary/aromatic N) is 1. The molecule has 2 aromatic carbocycles. The molecular formula is C20H17BrN2O4. The van der Waals surface area contributed by atoms with Gasteiger partial charge in [0.1, 0.15) is 5.75 Å². The van der Waals surface area contributed by atoms with E-state index >= 15 is 0 Å². The largest absolute Gasteiger partial charge is 0.493 e. The predicted octanol–water partition coefficient (Wildman–Crippen LogP) is 3.08. The number of nitrogens with one attached hydrogen (secondary N) is 1. The Balaban J connectivity index is 1.40. The van der Waals surface area contributed by atoms with E-state index in [1.807, 2.05) is 24.3 Å². The second kappa shape index (κ2) is 7.15. The summed E-state index contributed by atoms with van der Waals surface area (Å²) < 4.78 is 6.33. The number of rotatable bonds is 4. The molecule has 27 heavy (non-hydrogen) atoms. The van der Waals surface area contributed by atoms with Crippen LogP contribution in [0, 0.1) is 0 Å². The average Bonchev–Trinajstić information content (AvgIpc) is 2.90. The average molecular weight is 429 g/mol. The van der Waals surface area contributed by atoms with Crippen molar-refractivity contribution in [3.8, 4) is 5.75 Å². The predicted molar refractivity (Wildman–Crippen MR) is 102 cm³/mol. The van der Waals surface area contributed by atoms with Gasteiger partial charge in [0, 0.05) is 29.4 Å². The van der Waals surface area contributed by atoms with Gasteiger partial charge in [-0.3, -0.25) is 19.3 Å². The first-order valence-corrected chi connectivity index (χ1v) is 9.51. The van der Waals surface area contributed by atoms with Gasteiger partial charge in [0.15, 0.2) is 0 Å². The Morgan fingerprint density at radius 1 is 1.15 bits per heavy atom. The molecule has 2 aliphatic heterocycles. The van der Waals surface area contributed by atoms with Crippen LogP contribution in [0.3, 0.4) is 0 Å². The Morgan fingerprint density at radius 3 is 2.78 bits per heavy atom. The van der Waals surface area contributed by atoms with E-state index in [9.17, 15) is 14.4 Å². The van der Waals surface area contributed by atoms with Crippen molar-refractivity contribution in [3.05, 3.63) is 63.6 Å². The molecule has 0 saturated heterocycles. The van der Waals surface area contributed by atoms with Crippen LogP contribution < -0.4 is 10.1 Å².